The SMILES string of the molecule is CCC(=O)c1cccc(CS(=O)[O-])c1. The van der Waals surface area contributed by atoms with Gasteiger partial charge in [-0.1, -0.05) is 36.2 Å². The van der Waals surface area contributed by atoms with Gasteiger partial charge in [0, 0.05) is 17.7 Å². The lowest BCUT2D eigenvalue weighted by atomic mass is 10.1. The van der Waals surface area contributed by atoms with Gasteiger partial charge in [-0.15, -0.1) is 0 Å². The molecule has 0 aromatic heterocycles. The van der Waals surface area contributed by atoms with Gasteiger partial charge in [-0.3, -0.25) is 9.00 Å². The van der Waals surface area contributed by atoms with Crippen LogP contribution in [-0.4, -0.2) is 14.5 Å². The van der Waals surface area contributed by atoms with Crippen molar-refractivity contribution in [3.8, 4) is 0 Å². The summed E-state index contributed by atoms with van der Waals surface area (Å²) in [5.74, 6) is -0.00582. The maximum Gasteiger partial charge on any atom is 0.162 e. The Kier molecular flexibility index (Phi) is 3.98. The first-order valence-electron chi connectivity index (χ1n) is 4.31. The minimum atomic E-state index is -2.10. The van der Waals surface area contributed by atoms with Crippen LogP contribution in [0.4, 0.5) is 0 Å². The standard InChI is InChI=1S/C10H12O3S/c1-2-10(11)9-5-3-4-8(6-9)7-14(12)13/h3-6H,2,7H2,1H3,(H,12,13)/p-1. The fourth-order valence-corrected chi connectivity index (χ4v) is 1.63. The van der Waals surface area contributed by atoms with Crippen LogP contribution in [-0.2, 0) is 16.8 Å². The average Bonchev–Trinajstić information content (AvgIpc) is 2.16. The molecule has 0 amide bonds. The van der Waals surface area contributed by atoms with Crippen molar-refractivity contribution in [3.63, 3.8) is 0 Å². The second kappa shape index (κ2) is 5.02. The summed E-state index contributed by atoms with van der Waals surface area (Å²) in [7, 11) is 0. The number of rotatable bonds is 4. The fourth-order valence-electron chi connectivity index (χ4n) is 1.17. The number of hydrogen-bond acceptors (Lipinski definition) is 3. The number of carbonyl (C=O) groups excluding carboxylic acids is 1. The van der Waals surface area contributed by atoms with Crippen LogP contribution in [0, 0.1) is 0 Å². The normalized spacial score (nSPS) is 12.4. The van der Waals surface area contributed by atoms with E-state index in [4.69, 9.17) is 0 Å². The van der Waals surface area contributed by atoms with Crippen LogP contribution in [0.5, 0.6) is 0 Å². The van der Waals surface area contributed by atoms with E-state index in [-0.39, 0.29) is 11.5 Å². The number of carbonyl (C=O) groups is 1. The molecule has 0 aliphatic carbocycles. The number of benzene rings is 1. The number of Topliss-reactive ketones (excluding diaryl/α,β-unsaturated/α-hetero) is 1. The minimum absolute atomic E-state index is 0.0310. The highest BCUT2D eigenvalue weighted by molar-refractivity contribution is 7.78. The highest BCUT2D eigenvalue weighted by atomic mass is 32.2. The van der Waals surface area contributed by atoms with Crippen LogP contribution in [0.15, 0.2) is 24.3 Å². The van der Waals surface area contributed by atoms with Crippen molar-refractivity contribution in [1.82, 2.24) is 0 Å². The van der Waals surface area contributed by atoms with E-state index in [1.165, 1.54) is 0 Å². The minimum Gasteiger partial charge on any atom is -0.772 e. The molecule has 0 fully saturated rings. The van der Waals surface area contributed by atoms with Crippen LogP contribution in [0.1, 0.15) is 29.3 Å². The second-order valence-corrected chi connectivity index (χ2v) is 3.82. The highest BCUT2D eigenvalue weighted by Gasteiger charge is 2.03. The molecule has 0 N–H and O–H groups in total. The first kappa shape index (κ1) is 11.1. The van der Waals surface area contributed by atoms with Crippen molar-refractivity contribution in [2.75, 3.05) is 0 Å². The maximum atomic E-state index is 11.3. The van der Waals surface area contributed by atoms with Gasteiger partial charge in [0.25, 0.3) is 0 Å². The summed E-state index contributed by atoms with van der Waals surface area (Å²) < 4.78 is 20.9. The van der Waals surface area contributed by atoms with Crippen molar-refractivity contribution < 1.29 is 13.6 Å². The van der Waals surface area contributed by atoms with Gasteiger partial charge in [0.05, 0.1) is 0 Å². The molecule has 1 aromatic carbocycles. The van der Waals surface area contributed by atoms with Gasteiger partial charge < -0.3 is 4.55 Å². The average molecular weight is 211 g/mol. The van der Waals surface area contributed by atoms with Crippen LogP contribution < -0.4 is 0 Å². The first-order chi connectivity index (χ1) is 6.63. The third-order valence-electron chi connectivity index (χ3n) is 1.85. The quantitative estimate of drug-likeness (QED) is 0.562. The van der Waals surface area contributed by atoms with E-state index >= 15 is 0 Å². The van der Waals surface area contributed by atoms with Gasteiger partial charge in [-0.25, -0.2) is 0 Å². The molecule has 1 atom stereocenters. The molecule has 0 aliphatic heterocycles. The van der Waals surface area contributed by atoms with Gasteiger partial charge in [-0.2, -0.15) is 0 Å². The van der Waals surface area contributed by atoms with E-state index in [9.17, 15) is 13.6 Å². The number of hydrogen-bond donors (Lipinski definition) is 0. The Morgan fingerprint density at radius 3 is 2.79 bits per heavy atom. The lowest BCUT2D eigenvalue weighted by Gasteiger charge is -2.06. The van der Waals surface area contributed by atoms with Gasteiger partial charge in [0.15, 0.2) is 5.78 Å². The van der Waals surface area contributed by atoms with Crippen molar-refractivity contribution >= 4 is 16.9 Å². The van der Waals surface area contributed by atoms with Crippen LogP contribution in [0.25, 0.3) is 0 Å². The van der Waals surface area contributed by atoms with Gasteiger partial charge in [-0.05, 0) is 11.6 Å². The van der Waals surface area contributed by atoms with Crippen molar-refractivity contribution in [1.29, 1.82) is 0 Å². The fraction of sp³-hybridized carbons (Fsp3) is 0.300. The van der Waals surface area contributed by atoms with E-state index in [1.54, 1.807) is 31.2 Å². The summed E-state index contributed by atoms with van der Waals surface area (Å²) in [5.41, 5.74) is 1.23. The van der Waals surface area contributed by atoms with Crippen LogP contribution in [0.3, 0.4) is 0 Å². The van der Waals surface area contributed by atoms with E-state index in [0.29, 0.717) is 17.5 Å². The van der Waals surface area contributed by atoms with E-state index in [0.717, 1.165) is 0 Å². The second-order valence-electron chi connectivity index (χ2n) is 2.93. The van der Waals surface area contributed by atoms with Gasteiger partial charge in [0.1, 0.15) is 0 Å². The summed E-state index contributed by atoms with van der Waals surface area (Å²) in [6, 6.07) is 6.72. The Hall–Kier alpha value is -1.00. The molecule has 1 aromatic rings. The first-order valence-corrected chi connectivity index (χ1v) is 5.56. The summed E-state index contributed by atoms with van der Waals surface area (Å²) >= 11 is -2.10. The van der Waals surface area contributed by atoms with Crippen molar-refractivity contribution in [2.24, 2.45) is 0 Å². The molecule has 1 unspecified atom stereocenters. The Morgan fingerprint density at radius 2 is 2.21 bits per heavy atom. The molecule has 76 valence electrons. The Morgan fingerprint density at radius 1 is 1.50 bits per heavy atom. The molecule has 14 heavy (non-hydrogen) atoms. The topological polar surface area (TPSA) is 57.2 Å². The monoisotopic (exact) mass is 211 g/mol. The molecule has 0 radical (unpaired) electrons. The summed E-state index contributed by atoms with van der Waals surface area (Å²) in [6.45, 7) is 1.78. The largest absolute Gasteiger partial charge is 0.772 e. The molecule has 1 rings (SSSR count). The van der Waals surface area contributed by atoms with Crippen LogP contribution >= 0.6 is 0 Å². The summed E-state index contributed by atoms with van der Waals surface area (Å²) in [4.78, 5) is 11.3. The predicted molar refractivity (Wildman–Crippen MR) is 53.7 cm³/mol. The van der Waals surface area contributed by atoms with Crippen molar-refractivity contribution in [2.45, 2.75) is 19.1 Å². The maximum absolute atomic E-state index is 11.3. The molecule has 0 aliphatic rings. The molecule has 0 spiro atoms. The molecular formula is C10H11O3S-. The molecular weight excluding hydrogens is 200 g/mol. The summed E-state index contributed by atoms with van der Waals surface area (Å²) in [5, 5.41) is 0. The predicted octanol–water partition coefficient (Wildman–Crippen LogP) is 1.66. The van der Waals surface area contributed by atoms with Crippen LogP contribution in [0.2, 0.25) is 0 Å². The zero-order chi connectivity index (χ0) is 10.6. The summed E-state index contributed by atoms with van der Waals surface area (Å²) in [6.07, 6.45) is 0.434. The Labute approximate surface area is 85.4 Å². The third kappa shape index (κ3) is 3.05. The van der Waals surface area contributed by atoms with Gasteiger partial charge in [0.2, 0.25) is 0 Å². The molecule has 0 heterocycles. The lowest BCUT2D eigenvalue weighted by molar-refractivity contribution is 0.0988. The molecule has 0 bridgehead atoms. The lowest BCUT2D eigenvalue weighted by Crippen LogP contribution is -1.99. The molecule has 0 saturated carbocycles. The molecule has 4 heteroatoms. The highest BCUT2D eigenvalue weighted by Crippen LogP contribution is 2.09. The third-order valence-corrected chi connectivity index (χ3v) is 2.42. The Balaban J connectivity index is 2.89. The van der Waals surface area contributed by atoms with E-state index < -0.39 is 11.1 Å². The van der Waals surface area contributed by atoms with Crippen molar-refractivity contribution in [3.05, 3.63) is 35.4 Å². The van der Waals surface area contributed by atoms with E-state index in [1.807, 2.05) is 0 Å². The van der Waals surface area contributed by atoms with E-state index in [2.05, 4.69) is 0 Å². The van der Waals surface area contributed by atoms with Gasteiger partial charge >= 0.3 is 0 Å². The molecule has 0 saturated heterocycles. The zero-order valence-electron chi connectivity index (χ0n) is 7.86. The smallest absolute Gasteiger partial charge is 0.162 e. The zero-order valence-corrected chi connectivity index (χ0v) is 8.67. The number of ketones is 1. The molecule has 3 nitrogen and oxygen atoms in total. The Bertz CT molecular complexity index is 360.